The van der Waals surface area contributed by atoms with Crippen molar-refractivity contribution in [2.45, 2.75) is 25.6 Å². The molecule has 0 fully saturated rings. The highest BCUT2D eigenvalue weighted by Gasteiger charge is 2.08. The molecule has 0 spiro atoms. The molecular weight excluding hydrogens is 395 g/mol. The smallest absolute Gasteiger partial charge is 0.212 e. The van der Waals surface area contributed by atoms with Gasteiger partial charge < -0.3 is 9.15 Å². The highest BCUT2D eigenvalue weighted by molar-refractivity contribution is 7.99. The summed E-state index contributed by atoms with van der Waals surface area (Å²) in [5, 5.41) is 14.2. The molecule has 0 aliphatic rings. The van der Waals surface area contributed by atoms with E-state index in [-0.39, 0.29) is 6.61 Å². The number of nitrogens with zero attached hydrogens (tertiary/aromatic N) is 4. The average molecular weight is 411 g/mol. The SMILES string of the molecule is CCSc1nnc(C)n1/N=C\c1ccc(COc2ccc(Cl)c(Cl)c2)o1. The molecule has 0 aliphatic heterocycles. The molecule has 2 heterocycles. The van der Waals surface area contributed by atoms with Gasteiger partial charge in [-0.2, -0.15) is 9.78 Å². The highest BCUT2D eigenvalue weighted by atomic mass is 35.5. The topological polar surface area (TPSA) is 65.4 Å². The van der Waals surface area contributed by atoms with Crippen LogP contribution in [0.1, 0.15) is 24.3 Å². The number of aromatic nitrogens is 3. The van der Waals surface area contributed by atoms with Crippen LogP contribution in [0.25, 0.3) is 0 Å². The number of rotatable bonds is 7. The minimum Gasteiger partial charge on any atom is -0.486 e. The fourth-order valence-electron chi connectivity index (χ4n) is 2.07. The zero-order valence-corrected chi connectivity index (χ0v) is 16.5. The van der Waals surface area contributed by atoms with Crippen molar-refractivity contribution in [2.24, 2.45) is 5.10 Å². The Bertz CT molecular complexity index is 923. The maximum atomic E-state index is 5.97. The molecule has 9 heteroatoms. The Labute approximate surface area is 165 Å². The van der Waals surface area contributed by atoms with Crippen molar-refractivity contribution in [3.8, 4) is 5.75 Å². The van der Waals surface area contributed by atoms with Gasteiger partial charge in [0.25, 0.3) is 0 Å². The molecule has 0 N–H and O–H groups in total. The summed E-state index contributed by atoms with van der Waals surface area (Å²) in [6.45, 7) is 4.17. The molecule has 0 amide bonds. The van der Waals surface area contributed by atoms with Gasteiger partial charge in [0.2, 0.25) is 5.16 Å². The molecule has 3 aromatic rings. The van der Waals surface area contributed by atoms with Gasteiger partial charge >= 0.3 is 0 Å². The third kappa shape index (κ3) is 4.60. The van der Waals surface area contributed by atoms with E-state index in [9.17, 15) is 0 Å². The quantitative estimate of drug-likeness (QED) is 0.402. The number of aryl methyl sites for hydroxylation is 1. The van der Waals surface area contributed by atoms with Gasteiger partial charge in [-0.05, 0) is 36.9 Å². The molecule has 6 nitrogen and oxygen atoms in total. The minimum atomic E-state index is 0.272. The fourth-order valence-corrected chi connectivity index (χ4v) is 3.01. The molecule has 3 rings (SSSR count). The van der Waals surface area contributed by atoms with Crippen LogP contribution in [-0.4, -0.2) is 26.8 Å². The monoisotopic (exact) mass is 410 g/mol. The van der Waals surface area contributed by atoms with Gasteiger partial charge in [0, 0.05) is 6.07 Å². The fraction of sp³-hybridized carbons (Fsp3) is 0.235. The molecule has 0 bridgehead atoms. The van der Waals surface area contributed by atoms with E-state index in [1.54, 1.807) is 40.9 Å². The zero-order valence-electron chi connectivity index (χ0n) is 14.1. The van der Waals surface area contributed by atoms with Crippen LogP contribution in [0.3, 0.4) is 0 Å². The van der Waals surface area contributed by atoms with E-state index in [1.807, 2.05) is 19.1 Å². The standard InChI is InChI=1S/C17H16Cl2N4O2S/c1-3-26-17-22-21-11(2)23(17)20-9-13-4-5-14(25-13)10-24-12-6-7-15(18)16(19)8-12/h4-9H,3,10H2,1-2H3/b20-9-. The summed E-state index contributed by atoms with van der Waals surface area (Å²) >= 11 is 13.4. The number of benzene rings is 1. The predicted octanol–water partition coefficient (Wildman–Crippen LogP) is 5.06. The van der Waals surface area contributed by atoms with Gasteiger partial charge in [-0.1, -0.05) is 41.9 Å². The van der Waals surface area contributed by atoms with Crippen molar-refractivity contribution in [3.63, 3.8) is 0 Å². The van der Waals surface area contributed by atoms with Crippen LogP contribution in [0.2, 0.25) is 10.0 Å². The van der Waals surface area contributed by atoms with Gasteiger partial charge in [0.15, 0.2) is 5.82 Å². The number of hydrogen-bond donors (Lipinski definition) is 0. The van der Waals surface area contributed by atoms with E-state index in [0.717, 1.165) is 10.9 Å². The summed E-state index contributed by atoms with van der Waals surface area (Å²) in [5.41, 5.74) is 0. The van der Waals surface area contributed by atoms with Crippen molar-refractivity contribution in [3.05, 3.63) is 57.7 Å². The van der Waals surface area contributed by atoms with Gasteiger partial charge in [-0.15, -0.1) is 10.2 Å². The molecule has 0 atom stereocenters. The minimum absolute atomic E-state index is 0.272. The Morgan fingerprint density at radius 2 is 2.08 bits per heavy atom. The first-order valence-corrected chi connectivity index (χ1v) is 9.56. The number of halogens is 2. The van der Waals surface area contributed by atoms with E-state index in [2.05, 4.69) is 22.2 Å². The van der Waals surface area contributed by atoms with Crippen molar-refractivity contribution >= 4 is 41.2 Å². The van der Waals surface area contributed by atoms with Crippen molar-refractivity contribution in [1.29, 1.82) is 0 Å². The summed E-state index contributed by atoms with van der Waals surface area (Å²) in [4.78, 5) is 0. The van der Waals surface area contributed by atoms with Crippen LogP contribution >= 0.6 is 35.0 Å². The van der Waals surface area contributed by atoms with Gasteiger partial charge in [0.1, 0.15) is 23.9 Å². The summed E-state index contributed by atoms with van der Waals surface area (Å²) in [5.74, 6) is 3.50. The Hall–Kier alpha value is -1.96. The van der Waals surface area contributed by atoms with E-state index in [1.165, 1.54) is 0 Å². The number of furan rings is 1. The molecule has 26 heavy (non-hydrogen) atoms. The first-order valence-electron chi connectivity index (χ1n) is 7.82. The van der Waals surface area contributed by atoms with Gasteiger partial charge in [-0.25, -0.2) is 0 Å². The summed E-state index contributed by atoms with van der Waals surface area (Å²) in [6.07, 6.45) is 1.62. The molecular formula is C17H16Cl2N4O2S. The Kier molecular flexibility index (Phi) is 6.24. The van der Waals surface area contributed by atoms with Crippen LogP contribution < -0.4 is 4.74 Å². The third-order valence-corrected chi connectivity index (χ3v) is 4.84. The number of hydrogen-bond acceptors (Lipinski definition) is 6. The summed E-state index contributed by atoms with van der Waals surface area (Å²) < 4.78 is 13.0. The average Bonchev–Trinajstić information content (AvgIpc) is 3.21. The van der Waals surface area contributed by atoms with Crippen molar-refractivity contribution in [2.75, 3.05) is 5.75 Å². The first kappa shape index (κ1) is 18.8. The van der Waals surface area contributed by atoms with Crippen LogP contribution in [0, 0.1) is 6.92 Å². The lowest BCUT2D eigenvalue weighted by Gasteiger charge is -2.05. The van der Waals surface area contributed by atoms with Crippen LogP contribution in [0.15, 0.2) is 45.0 Å². The van der Waals surface area contributed by atoms with Crippen molar-refractivity contribution < 1.29 is 9.15 Å². The second kappa shape index (κ2) is 8.62. The molecule has 0 aliphatic carbocycles. The van der Waals surface area contributed by atoms with Crippen LogP contribution in [0.5, 0.6) is 5.75 Å². The Morgan fingerprint density at radius 3 is 2.85 bits per heavy atom. The first-order chi connectivity index (χ1) is 12.6. The second-order valence-corrected chi connectivity index (χ2v) is 7.23. The van der Waals surface area contributed by atoms with Crippen LogP contribution in [0.4, 0.5) is 0 Å². The molecule has 2 aromatic heterocycles. The normalized spacial score (nSPS) is 11.4. The van der Waals surface area contributed by atoms with E-state index < -0.39 is 0 Å². The zero-order chi connectivity index (χ0) is 18.5. The van der Waals surface area contributed by atoms with Gasteiger partial charge in [0.05, 0.1) is 16.3 Å². The van der Waals surface area contributed by atoms with Crippen LogP contribution in [-0.2, 0) is 6.61 Å². The van der Waals surface area contributed by atoms with E-state index in [0.29, 0.717) is 33.1 Å². The lowest BCUT2D eigenvalue weighted by atomic mass is 10.3. The predicted molar refractivity (Wildman–Crippen MR) is 104 cm³/mol. The Morgan fingerprint density at radius 1 is 1.23 bits per heavy atom. The largest absolute Gasteiger partial charge is 0.486 e. The lowest BCUT2D eigenvalue weighted by Crippen LogP contribution is -1.96. The molecule has 1 aromatic carbocycles. The maximum absolute atomic E-state index is 5.97. The molecule has 136 valence electrons. The van der Waals surface area contributed by atoms with Crippen molar-refractivity contribution in [1.82, 2.24) is 14.9 Å². The summed E-state index contributed by atoms with van der Waals surface area (Å²) in [7, 11) is 0. The van der Waals surface area contributed by atoms with E-state index >= 15 is 0 Å². The lowest BCUT2D eigenvalue weighted by molar-refractivity contribution is 0.270. The molecule has 0 saturated carbocycles. The highest BCUT2D eigenvalue weighted by Crippen LogP contribution is 2.26. The third-order valence-electron chi connectivity index (χ3n) is 3.30. The molecule has 0 saturated heterocycles. The molecule has 0 unspecified atom stereocenters. The second-order valence-electron chi connectivity index (χ2n) is 5.19. The number of thioether (sulfide) groups is 1. The molecule has 0 radical (unpaired) electrons. The van der Waals surface area contributed by atoms with E-state index in [4.69, 9.17) is 32.4 Å². The maximum Gasteiger partial charge on any atom is 0.212 e. The number of ether oxygens (including phenoxy) is 1. The van der Waals surface area contributed by atoms with Gasteiger partial charge in [-0.3, -0.25) is 0 Å². The summed E-state index contributed by atoms with van der Waals surface area (Å²) in [6, 6.07) is 8.76. The Balaban J connectivity index is 1.64.